The van der Waals surface area contributed by atoms with Gasteiger partial charge >= 0.3 is 0 Å². The van der Waals surface area contributed by atoms with E-state index in [-0.39, 0.29) is 0 Å². The minimum atomic E-state index is 0.639. The first-order chi connectivity index (χ1) is 5.65. The summed E-state index contributed by atoms with van der Waals surface area (Å²) in [5.74, 6) is 2.06. The van der Waals surface area contributed by atoms with E-state index in [1.54, 1.807) is 0 Å². The molecule has 4 unspecified atom stereocenters. The van der Waals surface area contributed by atoms with Crippen molar-refractivity contribution < 1.29 is 0 Å². The van der Waals surface area contributed by atoms with Gasteiger partial charge in [0.15, 0.2) is 0 Å². The van der Waals surface area contributed by atoms with E-state index in [1.807, 2.05) is 0 Å². The summed E-state index contributed by atoms with van der Waals surface area (Å²) in [5.41, 5.74) is 0.639. The molecule has 4 atom stereocenters. The van der Waals surface area contributed by atoms with Crippen molar-refractivity contribution in [1.29, 1.82) is 0 Å². The highest BCUT2D eigenvalue weighted by Crippen LogP contribution is 2.64. The standard InChI is InChI=1S/C10H18N2/c1-11(2)10-4-7-6-12(3)8(5-10)9(7)10/h7-9H,4-6H2,1-3H3. The third-order valence-electron chi connectivity index (χ3n) is 4.70. The molecule has 0 N–H and O–H groups in total. The van der Waals surface area contributed by atoms with Crippen molar-refractivity contribution in [3.8, 4) is 0 Å². The van der Waals surface area contributed by atoms with Crippen molar-refractivity contribution in [2.45, 2.75) is 24.4 Å². The summed E-state index contributed by atoms with van der Waals surface area (Å²) in [4.78, 5) is 5.05. The third-order valence-corrected chi connectivity index (χ3v) is 4.70. The summed E-state index contributed by atoms with van der Waals surface area (Å²) in [6, 6.07) is 0.936. The van der Waals surface area contributed by atoms with E-state index in [9.17, 15) is 0 Å². The Balaban J connectivity index is 1.86. The van der Waals surface area contributed by atoms with E-state index in [1.165, 1.54) is 19.4 Å². The van der Waals surface area contributed by atoms with Gasteiger partial charge in [-0.05, 0) is 45.8 Å². The fraction of sp³-hybridized carbons (Fsp3) is 1.00. The fourth-order valence-corrected chi connectivity index (χ4v) is 3.99. The zero-order chi connectivity index (χ0) is 8.51. The zero-order valence-corrected chi connectivity index (χ0v) is 8.25. The van der Waals surface area contributed by atoms with Crippen LogP contribution in [0.5, 0.6) is 0 Å². The van der Waals surface area contributed by atoms with Gasteiger partial charge in [-0.3, -0.25) is 0 Å². The molecular formula is C10H18N2. The summed E-state index contributed by atoms with van der Waals surface area (Å²) in [7, 11) is 6.80. The molecule has 0 bridgehead atoms. The van der Waals surface area contributed by atoms with E-state index in [4.69, 9.17) is 0 Å². The van der Waals surface area contributed by atoms with Crippen molar-refractivity contribution in [2.24, 2.45) is 11.8 Å². The SMILES string of the molecule is CN1CC2CC3(N(C)C)CC1C23. The number of hydrogen-bond acceptors (Lipinski definition) is 2. The van der Waals surface area contributed by atoms with Gasteiger partial charge in [-0.2, -0.15) is 0 Å². The molecule has 0 aromatic rings. The molecular weight excluding hydrogens is 148 g/mol. The maximum Gasteiger partial charge on any atom is 0.0267 e. The molecule has 1 heterocycles. The molecule has 3 rings (SSSR count). The summed E-state index contributed by atoms with van der Waals surface area (Å²) < 4.78 is 0. The molecule has 2 saturated carbocycles. The van der Waals surface area contributed by atoms with Crippen molar-refractivity contribution >= 4 is 0 Å². The van der Waals surface area contributed by atoms with Gasteiger partial charge in [0.1, 0.15) is 0 Å². The number of likely N-dealkylation sites (tertiary alicyclic amines) is 1. The van der Waals surface area contributed by atoms with E-state index < -0.39 is 0 Å². The Morgan fingerprint density at radius 1 is 1.33 bits per heavy atom. The lowest BCUT2D eigenvalue weighted by molar-refractivity contribution is -0.141. The Hall–Kier alpha value is -0.0800. The van der Waals surface area contributed by atoms with Crippen molar-refractivity contribution in [3.63, 3.8) is 0 Å². The molecule has 0 amide bonds. The first-order valence-corrected chi connectivity index (χ1v) is 5.03. The highest BCUT2D eigenvalue weighted by Gasteiger charge is 2.70. The van der Waals surface area contributed by atoms with Crippen LogP contribution in [0.1, 0.15) is 12.8 Å². The van der Waals surface area contributed by atoms with Gasteiger partial charge in [0, 0.05) is 18.1 Å². The van der Waals surface area contributed by atoms with Gasteiger partial charge < -0.3 is 9.80 Å². The molecule has 0 aromatic heterocycles. The van der Waals surface area contributed by atoms with Crippen LogP contribution in [0.4, 0.5) is 0 Å². The van der Waals surface area contributed by atoms with Crippen LogP contribution in [0.25, 0.3) is 0 Å². The average molecular weight is 166 g/mol. The van der Waals surface area contributed by atoms with Crippen LogP contribution in [0.2, 0.25) is 0 Å². The molecule has 0 spiro atoms. The summed E-state index contributed by atoms with van der Waals surface area (Å²) in [6.07, 6.45) is 2.89. The monoisotopic (exact) mass is 166 g/mol. The van der Waals surface area contributed by atoms with Crippen molar-refractivity contribution in [2.75, 3.05) is 27.7 Å². The largest absolute Gasteiger partial charge is 0.303 e. The first-order valence-electron chi connectivity index (χ1n) is 5.03. The van der Waals surface area contributed by atoms with Gasteiger partial charge in [-0.15, -0.1) is 0 Å². The van der Waals surface area contributed by atoms with Gasteiger partial charge in [0.25, 0.3) is 0 Å². The maximum absolute atomic E-state index is 2.57. The molecule has 1 aliphatic heterocycles. The van der Waals surface area contributed by atoms with Crippen molar-refractivity contribution in [3.05, 3.63) is 0 Å². The second-order valence-electron chi connectivity index (χ2n) is 5.20. The minimum Gasteiger partial charge on any atom is -0.303 e. The highest BCUT2D eigenvalue weighted by atomic mass is 15.3. The van der Waals surface area contributed by atoms with Crippen LogP contribution in [0.15, 0.2) is 0 Å². The molecule has 0 radical (unpaired) electrons. The van der Waals surface area contributed by atoms with Gasteiger partial charge in [0.05, 0.1) is 0 Å². The van der Waals surface area contributed by atoms with Gasteiger partial charge in [-0.1, -0.05) is 0 Å². The molecule has 12 heavy (non-hydrogen) atoms. The molecule has 0 aromatic carbocycles. The van der Waals surface area contributed by atoms with Gasteiger partial charge in [0.2, 0.25) is 0 Å². The second kappa shape index (κ2) is 1.88. The lowest BCUT2D eigenvalue weighted by atomic mass is 9.47. The van der Waals surface area contributed by atoms with Crippen LogP contribution in [-0.2, 0) is 0 Å². The van der Waals surface area contributed by atoms with Crippen LogP contribution < -0.4 is 0 Å². The van der Waals surface area contributed by atoms with E-state index >= 15 is 0 Å². The Morgan fingerprint density at radius 3 is 2.67 bits per heavy atom. The summed E-state index contributed by atoms with van der Waals surface area (Å²) >= 11 is 0. The molecule has 2 heteroatoms. The molecule has 3 fully saturated rings. The van der Waals surface area contributed by atoms with E-state index in [0.717, 1.165) is 17.9 Å². The Kier molecular flexibility index (Phi) is 1.15. The fourth-order valence-electron chi connectivity index (χ4n) is 3.99. The predicted molar refractivity (Wildman–Crippen MR) is 49.1 cm³/mol. The normalized spacial score (nSPS) is 56.5. The molecule has 2 nitrogen and oxygen atoms in total. The van der Waals surface area contributed by atoms with Crippen molar-refractivity contribution in [1.82, 2.24) is 9.80 Å². The van der Waals surface area contributed by atoms with Crippen LogP contribution in [0, 0.1) is 11.8 Å². The van der Waals surface area contributed by atoms with E-state index in [2.05, 4.69) is 30.9 Å². The van der Waals surface area contributed by atoms with Gasteiger partial charge in [-0.25, -0.2) is 0 Å². The lowest BCUT2D eigenvalue weighted by Crippen LogP contribution is -2.73. The number of nitrogens with zero attached hydrogens (tertiary/aromatic N) is 2. The smallest absolute Gasteiger partial charge is 0.0267 e. The van der Waals surface area contributed by atoms with E-state index in [0.29, 0.717) is 5.54 Å². The molecule has 2 aliphatic carbocycles. The predicted octanol–water partition coefficient (Wildman–Crippen LogP) is 0.641. The lowest BCUT2D eigenvalue weighted by Gasteiger charge is -2.66. The highest BCUT2D eigenvalue weighted by molar-refractivity contribution is 5.25. The number of hydrogen-bond donors (Lipinski definition) is 0. The summed E-state index contributed by atoms with van der Waals surface area (Å²) in [6.45, 7) is 1.37. The Labute approximate surface area is 74.5 Å². The van der Waals surface area contributed by atoms with Crippen LogP contribution >= 0.6 is 0 Å². The molecule has 1 saturated heterocycles. The molecule has 68 valence electrons. The Morgan fingerprint density at radius 2 is 2.08 bits per heavy atom. The Bertz CT molecular complexity index is 226. The quantitative estimate of drug-likeness (QED) is 0.564. The minimum absolute atomic E-state index is 0.639. The maximum atomic E-state index is 2.57. The first kappa shape index (κ1) is 7.34. The second-order valence-corrected chi connectivity index (χ2v) is 5.20. The third kappa shape index (κ3) is 0.549. The molecule has 3 aliphatic rings. The average Bonchev–Trinajstić information content (AvgIpc) is 2.14. The topological polar surface area (TPSA) is 6.48 Å². The van der Waals surface area contributed by atoms with Crippen LogP contribution in [0.3, 0.4) is 0 Å². The van der Waals surface area contributed by atoms with Crippen LogP contribution in [-0.4, -0.2) is 49.1 Å². The summed E-state index contributed by atoms with van der Waals surface area (Å²) in [5, 5.41) is 0. The zero-order valence-electron chi connectivity index (χ0n) is 8.25. The number of rotatable bonds is 1.